The third kappa shape index (κ3) is 2.98. The Hall–Kier alpha value is -1.18. The lowest BCUT2D eigenvalue weighted by molar-refractivity contribution is -0.128. The molecule has 2 nitrogen and oxygen atoms in total. The maximum absolute atomic E-state index is 12.7. The molecule has 0 aliphatic heterocycles. The Balaban J connectivity index is 2.09. The van der Waals surface area contributed by atoms with Gasteiger partial charge in [0.15, 0.2) is 0 Å². The monoisotopic (exact) mass is 245 g/mol. The summed E-state index contributed by atoms with van der Waals surface area (Å²) in [4.78, 5) is 16.7. The summed E-state index contributed by atoms with van der Waals surface area (Å²) in [7, 11) is 0. The SMILES string of the molecule is CC(C)CC1(C(=O)Cc2ccncc2)CCCC1. The number of hydrogen-bond donors (Lipinski definition) is 0. The van der Waals surface area contributed by atoms with E-state index in [0.717, 1.165) is 24.8 Å². The van der Waals surface area contributed by atoms with E-state index in [1.54, 1.807) is 12.4 Å². The zero-order valence-corrected chi connectivity index (χ0v) is 11.5. The second-order valence-corrected chi connectivity index (χ2v) is 6.04. The number of aromatic nitrogens is 1. The Labute approximate surface area is 110 Å². The fraction of sp³-hybridized carbons (Fsp3) is 0.625. The Kier molecular flexibility index (Phi) is 4.15. The largest absolute Gasteiger partial charge is 0.299 e. The molecule has 0 bridgehead atoms. The van der Waals surface area contributed by atoms with Gasteiger partial charge < -0.3 is 0 Å². The zero-order chi connectivity index (χ0) is 13.0. The average Bonchev–Trinajstić information content (AvgIpc) is 2.79. The highest BCUT2D eigenvalue weighted by Crippen LogP contribution is 2.44. The number of rotatable bonds is 5. The van der Waals surface area contributed by atoms with Crippen molar-refractivity contribution in [3.05, 3.63) is 30.1 Å². The van der Waals surface area contributed by atoms with Gasteiger partial charge in [-0.05, 0) is 42.9 Å². The summed E-state index contributed by atoms with van der Waals surface area (Å²) in [5.41, 5.74) is 1.07. The normalized spacial score (nSPS) is 18.2. The quantitative estimate of drug-likeness (QED) is 0.789. The van der Waals surface area contributed by atoms with Crippen molar-refractivity contribution < 1.29 is 4.79 Å². The van der Waals surface area contributed by atoms with Gasteiger partial charge in [-0.3, -0.25) is 9.78 Å². The molecule has 98 valence electrons. The third-order valence-corrected chi connectivity index (χ3v) is 4.07. The molecular weight excluding hydrogens is 222 g/mol. The van der Waals surface area contributed by atoms with Gasteiger partial charge >= 0.3 is 0 Å². The summed E-state index contributed by atoms with van der Waals surface area (Å²) in [6.07, 6.45) is 9.79. The molecule has 0 aromatic carbocycles. The van der Waals surface area contributed by atoms with E-state index >= 15 is 0 Å². The second kappa shape index (κ2) is 5.64. The maximum Gasteiger partial charge on any atom is 0.143 e. The highest BCUT2D eigenvalue weighted by atomic mass is 16.1. The minimum absolute atomic E-state index is 0.0303. The molecule has 0 unspecified atom stereocenters. The number of ketones is 1. The van der Waals surface area contributed by atoms with E-state index in [1.807, 2.05) is 12.1 Å². The van der Waals surface area contributed by atoms with Gasteiger partial charge in [-0.15, -0.1) is 0 Å². The van der Waals surface area contributed by atoms with Gasteiger partial charge in [-0.2, -0.15) is 0 Å². The van der Waals surface area contributed by atoms with Gasteiger partial charge in [0.1, 0.15) is 5.78 Å². The Bertz CT molecular complexity index is 391. The molecule has 1 saturated carbocycles. The van der Waals surface area contributed by atoms with E-state index in [2.05, 4.69) is 18.8 Å². The van der Waals surface area contributed by atoms with Gasteiger partial charge in [0.2, 0.25) is 0 Å². The van der Waals surface area contributed by atoms with E-state index in [4.69, 9.17) is 0 Å². The molecule has 2 rings (SSSR count). The Morgan fingerprint density at radius 3 is 2.44 bits per heavy atom. The molecule has 1 aliphatic carbocycles. The fourth-order valence-electron chi connectivity index (χ4n) is 3.30. The topological polar surface area (TPSA) is 30.0 Å². The number of Topliss-reactive ketones (excluding diaryl/α,β-unsaturated/α-hetero) is 1. The summed E-state index contributed by atoms with van der Waals surface area (Å²) >= 11 is 0. The Morgan fingerprint density at radius 2 is 1.89 bits per heavy atom. The van der Waals surface area contributed by atoms with Crippen molar-refractivity contribution in [2.75, 3.05) is 0 Å². The highest BCUT2D eigenvalue weighted by Gasteiger charge is 2.40. The number of hydrogen-bond acceptors (Lipinski definition) is 2. The first-order valence-corrected chi connectivity index (χ1v) is 7.05. The molecule has 1 aromatic heterocycles. The number of carbonyl (C=O) groups is 1. The summed E-state index contributed by atoms with van der Waals surface area (Å²) < 4.78 is 0. The summed E-state index contributed by atoms with van der Waals surface area (Å²) in [5.74, 6) is 1.05. The van der Waals surface area contributed by atoms with Crippen LogP contribution in [-0.2, 0) is 11.2 Å². The van der Waals surface area contributed by atoms with Gasteiger partial charge in [0.05, 0.1) is 0 Å². The van der Waals surface area contributed by atoms with E-state index < -0.39 is 0 Å². The molecule has 0 N–H and O–H groups in total. The lowest BCUT2D eigenvalue weighted by atomic mass is 9.73. The molecule has 1 heterocycles. The van der Waals surface area contributed by atoms with Crippen LogP contribution < -0.4 is 0 Å². The maximum atomic E-state index is 12.7. The summed E-state index contributed by atoms with van der Waals surface area (Å²) in [6, 6.07) is 3.91. The van der Waals surface area contributed by atoms with Crippen LogP contribution in [0.3, 0.4) is 0 Å². The van der Waals surface area contributed by atoms with E-state index in [9.17, 15) is 4.79 Å². The fourth-order valence-corrected chi connectivity index (χ4v) is 3.30. The smallest absolute Gasteiger partial charge is 0.143 e. The molecule has 1 aliphatic rings. The van der Waals surface area contributed by atoms with Crippen LogP contribution in [0.5, 0.6) is 0 Å². The van der Waals surface area contributed by atoms with Crippen molar-refractivity contribution in [1.82, 2.24) is 4.98 Å². The predicted octanol–water partition coefficient (Wildman–Crippen LogP) is 3.80. The minimum atomic E-state index is -0.0303. The number of pyridine rings is 1. The predicted molar refractivity (Wildman–Crippen MR) is 73.3 cm³/mol. The van der Waals surface area contributed by atoms with Crippen molar-refractivity contribution in [2.24, 2.45) is 11.3 Å². The Morgan fingerprint density at radius 1 is 1.28 bits per heavy atom. The first kappa shape index (κ1) is 13.3. The first-order chi connectivity index (χ1) is 8.62. The van der Waals surface area contributed by atoms with Crippen LogP contribution in [0.2, 0.25) is 0 Å². The molecule has 0 amide bonds. The lowest BCUT2D eigenvalue weighted by Gasteiger charge is -2.29. The van der Waals surface area contributed by atoms with Gasteiger partial charge in [0, 0.05) is 24.2 Å². The molecule has 0 atom stereocenters. The van der Waals surface area contributed by atoms with Crippen LogP contribution >= 0.6 is 0 Å². The zero-order valence-electron chi connectivity index (χ0n) is 11.5. The van der Waals surface area contributed by atoms with Gasteiger partial charge in [-0.25, -0.2) is 0 Å². The molecule has 1 fully saturated rings. The number of carbonyl (C=O) groups excluding carboxylic acids is 1. The first-order valence-electron chi connectivity index (χ1n) is 7.05. The van der Waals surface area contributed by atoms with Crippen molar-refractivity contribution in [2.45, 2.75) is 52.4 Å². The van der Waals surface area contributed by atoms with Gasteiger partial charge in [0.25, 0.3) is 0 Å². The standard InChI is InChI=1S/C16H23NO/c1-13(2)12-16(7-3-4-8-16)15(18)11-14-5-9-17-10-6-14/h5-6,9-10,13H,3-4,7-8,11-12H2,1-2H3. The van der Waals surface area contributed by atoms with E-state index in [0.29, 0.717) is 18.1 Å². The third-order valence-electron chi connectivity index (χ3n) is 4.07. The molecule has 0 radical (unpaired) electrons. The molecule has 18 heavy (non-hydrogen) atoms. The molecule has 0 spiro atoms. The van der Waals surface area contributed by atoms with Crippen LogP contribution in [-0.4, -0.2) is 10.8 Å². The molecular formula is C16H23NO. The van der Waals surface area contributed by atoms with Crippen LogP contribution in [0.1, 0.15) is 51.5 Å². The van der Waals surface area contributed by atoms with Crippen molar-refractivity contribution in [3.8, 4) is 0 Å². The molecule has 1 aromatic rings. The average molecular weight is 245 g/mol. The van der Waals surface area contributed by atoms with E-state index in [1.165, 1.54) is 12.8 Å². The second-order valence-electron chi connectivity index (χ2n) is 6.04. The van der Waals surface area contributed by atoms with Crippen LogP contribution in [0.15, 0.2) is 24.5 Å². The summed E-state index contributed by atoms with van der Waals surface area (Å²) in [6.45, 7) is 4.44. The summed E-state index contributed by atoms with van der Waals surface area (Å²) in [5, 5.41) is 0. The van der Waals surface area contributed by atoms with Crippen LogP contribution in [0.4, 0.5) is 0 Å². The van der Waals surface area contributed by atoms with Crippen molar-refractivity contribution in [1.29, 1.82) is 0 Å². The molecule has 2 heteroatoms. The van der Waals surface area contributed by atoms with E-state index in [-0.39, 0.29) is 5.41 Å². The lowest BCUT2D eigenvalue weighted by Crippen LogP contribution is -2.31. The van der Waals surface area contributed by atoms with Gasteiger partial charge in [-0.1, -0.05) is 26.7 Å². The van der Waals surface area contributed by atoms with Crippen molar-refractivity contribution >= 4 is 5.78 Å². The minimum Gasteiger partial charge on any atom is -0.299 e. The number of nitrogens with zero attached hydrogens (tertiary/aromatic N) is 1. The van der Waals surface area contributed by atoms with Crippen molar-refractivity contribution in [3.63, 3.8) is 0 Å². The highest BCUT2D eigenvalue weighted by molar-refractivity contribution is 5.87. The van der Waals surface area contributed by atoms with Crippen LogP contribution in [0, 0.1) is 11.3 Å². The molecule has 0 saturated heterocycles. The van der Waals surface area contributed by atoms with Crippen LogP contribution in [0.25, 0.3) is 0 Å².